The Morgan fingerprint density at radius 3 is 2.75 bits per heavy atom. The van der Waals surface area contributed by atoms with E-state index in [2.05, 4.69) is 16.5 Å². The Bertz CT molecular complexity index is 467. The lowest BCUT2D eigenvalue weighted by atomic mass is 10.3. The summed E-state index contributed by atoms with van der Waals surface area (Å²) in [6.45, 7) is 4.15. The van der Waals surface area contributed by atoms with Crippen LogP contribution >= 0.6 is 0 Å². The zero-order valence-corrected chi connectivity index (χ0v) is 9.92. The maximum absolute atomic E-state index is 12.2. The van der Waals surface area contributed by atoms with Gasteiger partial charge in [-0.15, -0.1) is 0 Å². The van der Waals surface area contributed by atoms with Crippen molar-refractivity contribution in [1.29, 1.82) is 0 Å². The van der Waals surface area contributed by atoms with Gasteiger partial charge in [0.2, 0.25) is 10.0 Å². The van der Waals surface area contributed by atoms with Gasteiger partial charge in [0.15, 0.2) is 0 Å². The molecular weight excluding hydrogens is 226 g/mol. The van der Waals surface area contributed by atoms with E-state index in [1.54, 1.807) is 19.2 Å². The van der Waals surface area contributed by atoms with Crippen LogP contribution in [0.4, 0.5) is 0 Å². The fourth-order valence-electron chi connectivity index (χ4n) is 1.68. The summed E-state index contributed by atoms with van der Waals surface area (Å²) in [6.07, 6.45) is 4.12. The first-order valence-corrected chi connectivity index (χ1v) is 6.60. The molecule has 87 valence electrons. The number of aromatic nitrogens is 1. The number of sulfonamides is 1. The first-order valence-electron chi connectivity index (χ1n) is 5.16. The summed E-state index contributed by atoms with van der Waals surface area (Å²) >= 11 is 0. The Kier molecular flexibility index (Phi) is 3.22. The first-order chi connectivity index (χ1) is 7.62. The smallest absolute Gasteiger partial charge is 0.245 e. The molecule has 0 aliphatic carbocycles. The van der Waals surface area contributed by atoms with E-state index in [1.165, 1.54) is 4.31 Å². The Balaban J connectivity index is 2.35. The van der Waals surface area contributed by atoms with Gasteiger partial charge in [-0.3, -0.25) is 4.98 Å². The maximum atomic E-state index is 12.2. The number of nitrogens with one attached hydrogen (secondary N) is 1. The van der Waals surface area contributed by atoms with E-state index in [0.29, 0.717) is 31.7 Å². The summed E-state index contributed by atoms with van der Waals surface area (Å²) in [5, 5.41) is 3.12. The average molecular weight is 240 g/mol. The van der Waals surface area contributed by atoms with E-state index < -0.39 is 10.0 Å². The van der Waals surface area contributed by atoms with Crippen LogP contribution in [0.5, 0.6) is 0 Å². The second kappa shape index (κ2) is 4.48. The number of nitrogens with zero attached hydrogens (tertiary/aromatic N) is 2. The van der Waals surface area contributed by atoms with Gasteiger partial charge in [-0.05, 0) is 18.6 Å². The van der Waals surface area contributed by atoms with Crippen LogP contribution in [0.1, 0.15) is 5.56 Å². The van der Waals surface area contributed by atoms with Crippen molar-refractivity contribution in [2.24, 2.45) is 0 Å². The van der Waals surface area contributed by atoms with Crippen molar-refractivity contribution in [3.63, 3.8) is 0 Å². The van der Waals surface area contributed by atoms with E-state index in [1.807, 2.05) is 0 Å². The molecule has 1 aromatic rings. The first kappa shape index (κ1) is 11.5. The number of rotatable bonds is 2. The van der Waals surface area contributed by atoms with Crippen LogP contribution in [-0.2, 0) is 10.0 Å². The predicted octanol–water partition coefficient (Wildman–Crippen LogP) is -0.216. The molecule has 1 aliphatic heterocycles. The Morgan fingerprint density at radius 2 is 2.12 bits per heavy atom. The number of piperazine rings is 1. The third-order valence-electron chi connectivity index (χ3n) is 2.60. The summed E-state index contributed by atoms with van der Waals surface area (Å²) in [6, 6.07) is 1.69. The third kappa shape index (κ3) is 2.09. The number of pyridine rings is 1. The molecule has 5 nitrogen and oxygen atoms in total. The second-order valence-electron chi connectivity index (χ2n) is 3.72. The lowest BCUT2D eigenvalue weighted by molar-refractivity contribution is 0.360. The minimum absolute atomic E-state index is 0.192. The van der Waals surface area contributed by atoms with E-state index in [4.69, 9.17) is 0 Å². The molecule has 1 fully saturated rings. The van der Waals surface area contributed by atoms with E-state index in [-0.39, 0.29) is 4.90 Å². The number of aryl methyl sites for hydroxylation is 1. The summed E-state index contributed by atoms with van der Waals surface area (Å²) in [4.78, 5) is 3.95. The average Bonchev–Trinajstić information content (AvgIpc) is 2.30. The molecule has 1 saturated heterocycles. The van der Waals surface area contributed by atoms with Gasteiger partial charge in [0.25, 0.3) is 0 Å². The molecule has 16 heavy (non-hydrogen) atoms. The molecule has 0 spiro atoms. The maximum Gasteiger partial charge on any atom is 0.245 e. The van der Waals surface area contributed by atoms with Crippen molar-refractivity contribution < 1.29 is 8.42 Å². The van der Waals surface area contributed by atoms with Crippen LogP contribution in [-0.4, -0.2) is 43.9 Å². The van der Waals surface area contributed by atoms with Crippen LogP contribution in [0, 0.1) is 13.1 Å². The van der Waals surface area contributed by atoms with E-state index >= 15 is 0 Å². The summed E-state index contributed by atoms with van der Waals surface area (Å²) in [5.41, 5.74) is 0.688. The Labute approximate surface area is 95.5 Å². The van der Waals surface area contributed by atoms with Gasteiger partial charge in [0.1, 0.15) is 11.1 Å². The van der Waals surface area contributed by atoms with Crippen molar-refractivity contribution >= 4 is 10.0 Å². The van der Waals surface area contributed by atoms with Crippen molar-refractivity contribution in [2.75, 3.05) is 26.2 Å². The second-order valence-corrected chi connectivity index (χ2v) is 5.60. The molecule has 2 heterocycles. The number of hydrogen-bond acceptors (Lipinski definition) is 4. The molecule has 0 atom stereocenters. The molecule has 0 unspecified atom stereocenters. The van der Waals surface area contributed by atoms with Crippen molar-refractivity contribution in [1.82, 2.24) is 14.6 Å². The lowest BCUT2D eigenvalue weighted by Crippen LogP contribution is -2.46. The largest absolute Gasteiger partial charge is 0.314 e. The molecule has 0 saturated carbocycles. The molecule has 1 N–H and O–H groups in total. The van der Waals surface area contributed by atoms with Gasteiger partial charge in [-0.1, -0.05) is 0 Å². The highest BCUT2D eigenvalue weighted by atomic mass is 32.2. The lowest BCUT2D eigenvalue weighted by Gasteiger charge is -2.26. The minimum atomic E-state index is -3.42. The highest BCUT2D eigenvalue weighted by Gasteiger charge is 2.27. The van der Waals surface area contributed by atoms with Crippen LogP contribution in [0.2, 0.25) is 0 Å². The van der Waals surface area contributed by atoms with Gasteiger partial charge in [-0.2, -0.15) is 4.31 Å². The molecule has 0 aromatic carbocycles. The fourth-order valence-corrected chi connectivity index (χ4v) is 3.25. The van der Waals surface area contributed by atoms with Crippen molar-refractivity contribution in [3.8, 4) is 0 Å². The van der Waals surface area contributed by atoms with Crippen LogP contribution in [0.15, 0.2) is 17.2 Å². The van der Waals surface area contributed by atoms with Gasteiger partial charge >= 0.3 is 0 Å². The van der Waals surface area contributed by atoms with Crippen molar-refractivity contribution in [3.05, 3.63) is 24.0 Å². The molecule has 1 aliphatic rings. The summed E-state index contributed by atoms with van der Waals surface area (Å²) < 4.78 is 25.9. The molecule has 0 bridgehead atoms. The quantitative estimate of drug-likeness (QED) is 0.776. The SMILES string of the molecule is Cc1ccn[c]c1S(=O)(=O)N1CCNCC1. The molecule has 1 radical (unpaired) electrons. The zero-order valence-electron chi connectivity index (χ0n) is 9.10. The van der Waals surface area contributed by atoms with Gasteiger partial charge in [-0.25, -0.2) is 8.42 Å². The van der Waals surface area contributed by atoms with Crippen molar-refractivity contribution in [2.45, 2.75) is 11.8 Å². The Morgan fingerprint density at radius 1 is 1.44 bits per heavy atom. The monoisotopic (exact) mass is 240 g/mol. The highest BCUT2D eigenvalue weighted by molar-refractivity contribution is 7.89. The van der Waals surface area contributed by atoms with Gasteiger partial charge in [0.05, 0.1) is 0 Å². The summed E-state index contributed by atoms with van der Waals surface area (Å²) in [5.74, 6) is 0. The van der Waals surface area contributed by atoms with E-state index in [9.17, 15) is 8.42 Å². The standard InChI is InChI=1S/C10H14N3O2S/c1-9-2-3-12-8-10(9)16(14,15)13-6-4-11-5-7-13/h2-3,11H,4-7H2,1H3. The summed E-state index contributed by atoms with van der Waals surface area (Å²) in [7, 11) is -3.42. The molecule has 1 aromatic heterocycles. The van der Waals surface area contributed by atoms with Crippen LogP contribution in [0.25, 0.3) is 0 Å². The zero-order chi connectivity index (χ0) is 11.6. The predicted molar refractivity (Wildman–Crippen MR) is 59.4 cm³/mol. The topological polar surface area (TPSA) is 62.3 Å². The third-order valence-corrected chi connectivity index (χ3v) is 4.57. The van der Waals surface area contributed by atoms with Crippen LogP contribution in [0.3, 0.4) is 0 Å². The minimum Gasteiger partial charge on any atom is -0.314 e. The molecular formula is C10H14N3O2S. The molecule has 0 amide bonds. The number of hydrogen-bond donors (Lipinski definition) is 1. The normalized spacial score (nSPS) is 18.6. The van der Waals surface area contributed by atoms with Gasteiger partial charge in [0, 0.05) is 32.4 Å². The molecule has 2 rings (SSSR count). The highest BCUT2D eigenvalue weighted by Crippen LogP contribution is 2.17. The van der Waals surface area contributed by atoms with E-state index in [0.717, 1.165) is 0 Å². The van der Waals surface area contributed by atoms with Crippen LogP contribution < -0.4 is 5.32 Å². The molecule has 6 heteroatoms. The fraction of sp³-hybridized carbons (Fsp3) is 0.500. The Hall–Kier alpha value is -0.980. The van der Waals surface area contributed by atoms with Gasteiger partial charge < -0.3 is 5.32 Å².